The normalized spacial score (nSPS) is 10.9. The summed E-state index contributed by atoms with van der Waals surface area (Å²) in [5.74, 6) is 0. The zero-order valence-electron chi connectivity index (χ0n) is 9.51. The second-order valence-electron chi connectivity index (χ2n) is 3.84. The van der Waals surface area contributed by atoms with Crippen molar-refractivity contribution in [2.75, 3.05) is 6.26 Å². The van der Waals surface area contributed by atoms with E-state index < -0.39 is 0 Å². The Hall–Kier alpha value is -1.25. The van der Waals surface area contributed by atoms with Gasteiger partial charge < -0.3 is 0 Å². The third-order valence-electron chi connectivity index (χ3n) is 2.88. The monoisotopic (exact) mass is 256 g/mol. The van der Waals surface area contributed by atoms with Crippen LogP contribution < -0.4 is 0 Å². The molecule has 0 amide bonds. The zero-order valence-corrected chi connectivity index (χ0v) is 11.1. The highest BCUT2D eigenvalue weighted by Gasteiger charge is 2.09. The molecule has 17 heavy (non-hydrogen) atoms. The molecule has 2 aromatic carbocycles. The smallest absolute Gasteiger partial charge is 0.0360 e. The maximum atomic E-state index is 2.22. The molecule has 3 rings (SSSR count). The van der Waals surface area contributed by atoms with E-state index in [0.717, 1.165) is 0 Å². The average molecular weight is 256 g/mol. The van der Waals surface area contributed by atoms with Crippen molar-refractivity contribution in [2.45, 2.75) is 4.90 Å². The van der Waals surface area contributed by atoms with Gasteiger partial charge >= 0.3 is 0 Å². The van der Waals surface area contributed by atoms with Gasteiger partial charge in [0.25, 0.3) is 0 Å². The average Bonchev–Trinajstić information content (AvgIpc) is 2.91. The fraction of sp³-hybridized carbons (Fsp3) is 0.0667. The number of thiophene rings is 1. The van der Waals surface area contributed by atoms with Crippen molar-refractivity contribution in [3.63, 3.8) is 0 Å². The summed E-state index contributed by atoms with van der Waals surface area (Å²) < 4.78 is 0. The first-order chi connectivity index (χ1) is 8.40. The molecule has 0 N–H and O–H groups in total. The molecule has 0 unspecified atom stereocenters. The van der Waals surface area contributed by atoms with E-state index in [0.29, 0.717) is 0 Å². The van der Waals surface area contributed by atoms with Gasteiger partial charge in [0.15, 0.2) is 0 Å². The highest BCUT2D eigenvalue weighted by atomic mass is 32.2. The minimum atomic E-state index is 1.31. The number of hydrogen-bond acceptors (Lipinski definition) is 2. The van der Waals surface area contributed by atoms with Crippen molar-refractivity contribution in [3.8, 4) is 10.4 Å². The molecule has 0 atom stereocenters. The SMILES string of the molecule is CSc1ccc2ccccc2c1-c1cccs1. The van der Waals surface area contributed by atoms with Crippen LogP contribution in [0.15, 0.2) is 58.8 Å². The van der Waals surface area contributed by atoms with E-state index in [2.05, 4.69) is 60.2 Å². The van der Waals surface area contributed by atoms with Crippen LogP contribution in [0.3, 0.4) is 0 Å². The van der Waals surface area contributed by atoms with Gasteiger partial charge in [0.2, 0.25) is 0 Å². The van der Waals surface area contributed by atoms with Crippen LogP contribution in [-0.2, 0) is 0 Å². The van der Waals surface area contributed by atoms with Crippen LogP contribution in [-0.4, -0.2) is 6.26 Å². The van der Waals surface area contributed by atoms with E-state index in [1.54, 1.807) is 0 Å². The van der Waals surface area contributed by atoms with Gasteiger partial charge in [-0.3, -0.25) is 0 Å². The summed E-state index contributed by atoms with van der Waals surface area (Å²) in [6.45, 7) is 0. The second-order valence-corrected chi connectivity index (χ2v) is 5.64. The van der Waals surface area contributed by atoms with Gasteiger partial charge in [0, 0.05) is 15.3 Å². The van der Waals surface area contributed by atoms with Crippen molar-refractivity contribution < 1.29 is 0 Å². The van der Waals surface area contributed by atoms with E-state index in [1.165, 1.54) is 26.1 Å². The Morgan fingerprint density at radius 1 is 0.941 bits per heavy atom. The molecule has 3 aromatic rings. The first kappa shape index (κ1) is 10.9. The fourth-order valence-electron chi connectivity index (χ4n) is 2.10. The molecule has 0 aliphatic heterocycles. The van der Waals surface area contributed by atoms with E-state index in [-0.39, 0.29) is 0 Å². The number of hydrogen-bond donors (Lipinski definition) is 0. The van der Waals surface area contributed by atoms with Gasteiger partial charge in [0.05, 0.1) is 0 Å². The van der Waals surface area contributed by atoms with Gasteiger partial charge in [-0.2, -0.15) is 0 Å². The minimum absolute atomic E-state index is 1.31. The molecule has 0 spiro atoms. The highest BCUT2D eigenvalue weighted by Crippen LogP contribution is 2.38. The van der Waals surface area contributed by atoms with Gasteiger partial charge in [-0.15, -0.1) is 23.1 Å². The standard InChI is InChI=1S/C15H12S2/c1-16-13-9-8-11-5-2-3-6-12(11)15(13)14-7-4-10-17-14/h2-10H,1H3. The van der Waals surface area contributed by atoms with Gasteiger partial charge in [0.1, 0.15) is 0 Å². The van der Waals surface area contributed by atoms with Crippen LogP contribution in [0.4, 0.5) is 0 Å². The molecule has 0 nitrogen and oxygen atoms in total. The van der Waals surface area contributed by atoms with Crippen LogP contribution in [0.1, 0.15) is 0 Å². The lowest BCUT2D eigenvalue weighted by Crippen LogP contribution is -1.82. The molecule has 2 heteroatoms. The maximum absolute atomic E-state index is 2.22. The highest BCUT2D eigenvalue weighted by molar-refractivity contribution is 7.98. The molecule has 0 aliphatic rings. The topological polar surface area (TPSA) is 0 Å². The molecule has 1 heterocycles. The fourth-order valence-corrected chi connectivity index (χ4v) is 3.59. The molecule has 1 aromatic heterocycles. The van der Waals surface area contributed by atoms with Crippen molar-refractivity contribution in [2.24, 2.45) is 0 Å². The molecule has 0 saturated carbocycles. The van der Waals surface area contributed by atoms with Crippen LogP contribution in [0.25, 0.3) is 21.2 Å². The Labute approximate surface area is 109 Å². The van der Waals surface area contributed by atoms with Crippen LogP contribution in [0, 0.1) is 0 Å². The summed E-state index contributed by atoms with van der Waals surface area (Å²) in [6.07, 6.45) is 2.14. The molecule has 0 aliphatic carbocycles. The Kier molecular flexibility index (Phi) is 2.91. The number of rotatable bonds is 2. The largest absolute Gasteiger partial charge is 0.144 e. The van der Waals surface area contributed by atoms with Crippen molar-refractivity contribution in [3.05, 3.63) is 53.9 Å². The molecular formula is C15H12S2. The van der Waals surface area contributed by atoms with E-state index in [1.807, 2.05) is 23.1 Å². The minimum Gasteiger partial charge on any atom is -0.144 e. The summed E-state index contributed by atoms with van der Waals surface area (Å²) in [5, 5.41) is 4.80. The second kappa shape index (κ2) is 4.55. The van der Waals surface area contributed by atoms with Crippen LogP contribution in [0.5, 0.6) is 0 Å². The molecule has 0 bridgehead atoms. The Morgan fingerprint density at radius 3 is 2.59 bits per heavy atom. The zero-order chi connectivity index (χ0) is 11.7. The molecular weight excluding hydrogens is 244 g/mol. The van der Waals surface area contributed by atoms with Crippen molar-refractivity contribution in [1.82, 2.24) is 0 Å². The summed E-state index contributed by atoms with van der Waals surface area (Å²) >= 11 is 3.62. The van der Waals surface area contributed by atoms with E-state index >= 15 is 0 Å². The lowest BCUT2D eigenvalue weighted by Gasteiger charge is -2.09. The number of benzene rings is 2. The van der Waals surface area contributed by atoms with Crippen LogP contribution in [0.2, 0.25) is 0 Å². The summed E-state index contributed by atoms with van der Waals surface area (Å²) in [5.41, 5.74) is 1.38. The molecule has 0 radical (unpaired) electrons. The molecule has 0 fully saturated rings. The quantitative estimate of drug-likeness (QED) is 0.561. The first-order valence-electron chi connectivity index (χ1n) is 5.50. The lowest BCUT2D eigenvalue weighted by atomic mass is 10.0. The van der Waals surface area contributed by atoms with Crippen LogP contribution >= 0.6 is 23.1 Å². The Morgan fingerprint density at radius 2 is 1.82 bits per heavy atom. The third-order valence-corrected chi connectivity index (χ3v) is 4.55. The van der Waals surface area contributed by atoms with Crippen molar-refractivity contribution >= 4 is 33.9 Å². The predicted molar refractivity (Wildman–Crippen MR) is 79.0 cm³/mol. The summed E-state index contributed by atoms with van der Waals surface area (Å²) in [6, 6.07) is 17.3. The van der Waals surface area contributed by atoms with E-state index in [4.69, 9.17) is 0 Å². The number of thioether (sulfide) groups is 1. The Balaban J connectivity index is 2.39. The Bertz CT molecular complexity index is 639. The van der Waals surface area contributed by atoms with Gasteiger partial charge in [-0.25, -0.2) is 0 Å². The van der Waals surface area contributed by atoms with Gasteiger partial charge in [-0.05, 0) is 34.5 Å². The third kappa shape index (κ3) is 1.88. The summed E-state index contributed by atoms with van der Waals surface area (Å²) in [4.78, 5) is 2.71. The number of fused-ring (bicyclic) bond motifs is 1. The first-order valence-corrected chi connectivity index (χ1v) is 7.60. The molecule has 84 valence electrons. The molecule has 0 saturated heterocycles. The van der Waals surface area contributed by atoms with Crippen molar-refractivity contribution in [1.29, 1.82) is 0 Å². The summed E-state index contributed by atoms with van der Waals surface area (Å²) in [7, 11) is 0. The lowest BCUT2D eigenvalue weighted by molar-refractivity contribution is 1.51. The van der Waals surface area contributed by atoms with Gasteiger partial charge in [-0.1, -0.05) is 36.4 Å². The predicted octanol–water partition coefficient (Wildman–Crippen LogP) is 5.29. The van der Waals surface area contributed by atoms with E-state index in [9.17, 15) is 0 Å². The maximum Gasteiger partial charge on any atom is 0.0360 e.